The molecule has 1 saturated heterocycles. The van der Waals surface area contributed by atoms with Crippen LogP contribution in [-0.4, -0.2) is 90.4 Å². The van der Waals surface area contributed by atoms with E-state index in [1.165, 1.54) is 0 Å². The zero-order chi connectivity index (χ0) is 25.7. The van der Waals surface area contributed by atoms with Crippen molar-refractivity contribution in [2.75, 3.05) is 30.4 Å². The highest BCUT2D eigenvalue weighted by Crippen LogP contribution is 2.24. The number of benzene rings is 1. The summed E-state index contributed by atoms with van der Waals surface area (Å²) >= 11 is 0. The van der Waals surface area contributed by atoms with Gasteiger partial charge in [-0.2, -0.15) is 9.97 Å². The fraction of sp³-hybridized carbons (Fsp3) is 0.542. The summed E-state index contributed by atoms with van der Waals surface area (Å²) in [5, 5.41) is 45.7. The molecule has 3 aromatic rings. The van der Waals surface area contributed by atoms with E-state index in [1.54, 1.807) is 6.33 Å². The summed E-state index contributed by atoms with van der Waals surface area (Å²) in [5.41, 5.74) is 2.53. The maximum atomic E-state index is 10.1. The van der Waals surface area contributed by atoms with Crippen LogP contribution >= 0.6 is 0 Å². The third-order valence-corrected chi connectivity index (χ3v) is 6.02. The van der Waals surface area contributed by atoms with Crippen molar-refractivity contribution in [1.82, 2.24) is 19.5 Å². The highest BCUT2D eigenvalue weighted by Gasteiger charge is 2.43. The summed E-state index contributed by atoms with van der Waals surface area (Å²) < 4.78 is 12.9. The van der Waals surface area contributed by atoms with Gasteiger partial charge >= 0.3 is 0 Å². The van der Waals surface area contributed by atoms with Crippen LogP contribution in [0.2, 0.25) is 0 Å². The second-order valence-corrected chi connectivity index (χ2v) is 9.00. The van der Waals surface area contributed by atoms with Crippen LogP contribution < -0.4 is 10.6 Å². The predicted molar refractivity (Wildman–Crippen MR) is 132 cm³/mol. The fourth-order valence-corrected chi connectivity index (χ4v) is 3.96. The minimum Gasteiger partial charge on any atom is -0.394 e. The van der Waals surface area contributed by atoms with Gasteiger partial charge in [0.1, 0.15) is 24.4 Å². The van der Waals surface area contributed by atoms with Crippen LogP contribution in [0.3, 0.4) is 0 Å². The largest absolute Gasteiger partial charge is 0.394 e. The Morgan fingerprint density at radius 1 is 1.06 bits per heavy atom. The summed E-state index contributed by atoms with van der Waals surface area (Å²) in [6.45, 7) is 4.87. The van der Waals surface area contributed by atoms with Crippen LogP contribution in [0.4, 0.5) is 11.8 Å². The van der Waals surface area contributed by atoms with E-state index in [9.17, 15) is 20.4 Å². The number of imidazole rings is 1. The van der Waals surface area contributed by atoms with Gasteiger partial charge in [-0.15, -0.1) is 0 Å². The molecule has 4 rings (SSSR count). The van der Waals surface area contributed by atoms with Gasteiger partial charge in [-0.1, -0.05) is 30.3 Å². The van der Waals surface area contributed by atoms with Crippen molar-refractivity contribution in [2.24, 2.45) is 0 Å². The van der Waals surface area contributed by atoms with E-state index in [4.69, 9.17) is 9.47 Å². The highest BCUT2D eigenvalue weighted by atomic mass is 16.7. The first-order valence-corrected chi connectivity index (χ1v) is 12.1. The van der Waals surface area contributed by atoms with Crippen LogP contribution in [-0.2, 0) is 16.0 Å². The van der Waals surface area contributed by atoms with E-state index >= 15 is 0 Å². The lowest BCUT2D eigenvalue weighted by Gasteiger charge is -2.39. The number of ether oxygens (including phenoxy) is 2. The lowest BCUT2D eigenvalue weighted by Crippen LogP contribution is -2.59. The van der Waals surface area contributed by atoms with Crippen LogP contribution in [0.25, 0.3) is 11.2 Å². The number of anilines is 2. The van der Waals surface area contributed by atoms with Gasteiger partial charge in [0.2, 0.25) is 5.95 Å². The Hall–Kier alpha value is -2.87. The quantitative estimate of drug-likeness (QED) is 0.204. The average Bonchev–Trinajstić information content (AvgIpc) is 3.32. The third kappa shape index (κ3) is 5.91. The second-order valence-electron chi connectivity index (χ2n) is 9.00. The Bertz CT molecular complexity index is 1110. The van der Waals surface area contributed by atoms with Gasteiger partial charge in [0.05, 0.1) is 19.5 Å². The standard InChI is InChI=1S/C24H34N6O6/c1-14(2)30-13-27-17-21(26-11-15-7-4-3-5-8-15)28-24(29-22(17)30)25-9-6-10-35-23-20(34)19(33)18(32)16(12-31)36-23/h3-5,7-8,13-14,16,18-20,23,31-34H,6,9-12H2,1-2H3,(H2,25,26,28,29)/t16-,18-,19+,20-,23-/m1/s1. The number of rotatable bonds is 11. The van der Waals surface area contributed by atoms with Gasteiger partial charge in [-0.25, -0.2) is 4.98 Å². The zero-order valence-corrected chi connectivity index (χ0v) is 20.4. The van der Waals surface area contributed by atoms with Crippen molar-refractivity contribution >= 4 is 22.9 Å². The maximum Gasteiger partial charge on any atom is 0.226 e. The number of hydrogen-bond acceptors (Lipinski definition) is 11. The molecule has 0 unspecified atom stereocenters. The molecule has 1 aliphatic heterocycles. The number of aromatic nitrogens is 4. The molecule has 5 atom stereocenters. The fourth-order valence-electron chi connectivity index (χ4n) is 3.96. The lowest BCUT2D eigenvalue weighted by molar-refractivity contribution is -0.301. The Morgan fingerprint density at radius 2 is 1.83 bits per heavy atom. The van der Waals surface area contributed by atoms with Crippen molar-refractivity contribution in [3.05, 3.63) is 42.2 Å². The topological polar surface area (TPSA) is 167 Å². The maximum absolute atomic E-state index is 10.1. The molecule has 0 aliphatic carbocycles. The molecule has 3 heterocycles. The van der Waals surface area contributed by atoms with Gasteiger partial charge in [0.25, 0.3) is 0 Å². The summed E-state index contributed by atoms with van der Waals surface area (Å²) in [4.78, 5) is 13.8. The van der Waals surface area contributed by atoms with E-state index in [0.29, 0.717) is 36.8 Å². The molecule has 0 spiro atoms. The Balaban J connectivity index is 1.37. The predicted octanol–water partition coefficient (Wildman–Crippen LogP) is 0.638. The minimum absolute atomic E-state index is 0.173. The lowest BCUT2D eigenvalue weighted by atomic mass is 9.99. The first-order valence-electron chi connectivity index (χ1n) is 12.1. The molecule has 1 aromatic carbocycles. The van der Waals surface area contributed by atoms with Gasteiger partial charge in [-0.3, -0.25) is 0 Å². The molecule has 36 heavy (non-hydrogen) atoms. The number of nitrogens with one attached hydrogen (secondary N) is 2. The van der Waals surface area contributed by atoms with Crippen LogP contribution in [0, 0.1) is 0 Å². The van der Waals surface area contributed by atoms with Crippen LogP contribution in [0.1, 0.15) is 31.9 Å². The molecule has 6 N–H and O–H groups in total. The van der Waals surface area contributed by atoms with Crippen molar-refractivity contribution in [1.29, 1.82) is 0 Å². The smallest absolute Gasteiger partial charge is 0.226 e. The number of hydrogen-bond donors (Lipinski definition) is 6. The summed E-state index contributed by atoms with van der Waals surface area (Å²) in [5.74, 6) is 1.07. The van der Waals surface area contributed by atoms with Gasteiger partial charge in [0, 0.05) is 19.1 Å². The molecule has 12 nitrogen and oxygen atoms in total. The minimum atomic E-state index is -1.47. The Labute approximate surface area is 208 Å². The third-order valence-electron chi connectivity index (χ3n) is 6.02. The molecule has 0 bridgehead atoms. The molecule has 12 heteroatoms. The molecule has 1 fully saturated rings. The Kier molecular flexibility index (Phi) is 8.67. The van der Waals surface area contributed by atoms with Gasteiger partial charge in [0.15, 0.2) is 23.3 Å². The van der Waals surface area contributed by atoms with E-state index in [-0.39, 0.29) is 12.6 Å². The highest BCUT2D eigenvalue weighted by molar-refractivity contribution is 5.84. The summed E-state index contributed by atoms with van der Waals surface area (Å²) in [6.07, 6.45) is -4.17. The molecule has 2 aromatic heterocycles. The summed E-state index contributed by atoms with van der Waals surface area (Å²) in [7, 11) is 0. The van der Waals surface area contributed by atoms with Crippen molar-refractivity contribution in [2.45, 2.75) is 63.6 Å². The van der Waals surface area contributed by atoms with Crippen LogP contribution in [0.15, 0.2) is 36.7 Å². The number of fused-ring (bicyclic) bond motifs is 1. The van der Waals surface area contributed by atoms with E-state index in [1.807, 2.05) is 34.9 Å². The van der Waals surface area contributed by atoms with Gasteiger partial charge < -0.3 is 45.1 Å². The van der Waals surface area contributed by atoms with E-state index in [0.717, 1.165) is 11.2 Å². The van der Waals surface area contributed by atoms with Crippen molar-refractivity contribution in [3.63, 3.8) is 0 Å². The number of nitrogens with zero attached hydrogens (tertiary/aromatic N) is 4. The monoisotopic (exact) mass is 502 g/mol. The van der Waals surface area contributed by atoms with Crippen LogP contribution in [0.5, 0.6) is 0 Å². The second kappa shape index (κ2) is 11.9. The first-order chi connectivity index (χ1) is 17.4. The first kappa shape index (κ1) is 26.2. The van der Waals surface area contributed by atoms with Crippen molar-refractivity contribution in [3.8, 4) is 0 Å². The average molecular weight is 503 g/mol. The number of aliphatic hydroxyl groups is 4. The molecule has 0 radical (unpaired) electrons. The SMILES string of the molecule is CC(C)n1cnc2c(NCc3ccccc3)nc(NCCCO[C@@H]3O[C@H](CO)[C@@H](O)[C@H](O)[C@H]3O)nc21. The zero-order valence-electron chi connectivity index (χ0n) is 20.4. The number of aliphatic hydroxyl groups excluding tert-OH is 4. The normalized spacial score (nSPS) is 24.4. The van der Waals surface area contributed by atoms with Gasteiger partial charge in [-0.05, 0) is 25.8 Å². The Morgan fingerprint density at radius 3 is 2.56 bits per heavy atom. The van der Waals surface area contributed by atoms with E-state index in [2.05, 4.69) is 39.4 Å². The molecular weight excluding hydrogens is 468 g/mol. The molecular formula is C24H34N6O6. The summed E-state index contributed by atoms with van der Waals surface area (Å²) in [6, 6.07) is 10.2. The molecule has 0 saturated carbocycles. The van der Waals surface area contributed by atoms with Crippen molar-refractivity contribution < 1.29 is 29.9 Å². The van der Waals surface area contributed by atoms with E-state index < -0.39 is 37.3 Å². The molecule has 0 amide bonds. The molecule has 1 aliphatic rings. The molecule has 196 valence electrons.